The van der Waals surface area contributed by atoms with E-state index in [1.807, 2.05) is 31.2 Å². The van der Waals surface area contributed by atoms with Crippen molar-refractivity contribution in [1.82, 2.24) is 0 Å². The summed E-state index contributed by atoms with van der Waals surface area (Å²) in [6, 6.07) is 7.77. The van der Waals surface area contributed by atoms with Crippen molar-refractivity contribution < 1.29 is 9.53 Å². The number of isocyanates is 1. The molecule has 0 aliphatic carbocycles. The zero-order valence-electron chi connectivity index (χ0n) is 8.36. The van der Waals surface area contributed by atoms with E-state index < -0.39 is 0 Å². The molecule has 0 spiro atoms. The molecule has 1 aromatic rings. The largest absolute Gasteiger partial charge is 0.377 e. The molecule has 0 aromatic heterocycles. The number of carbonyl (C=O) groups excluding carboxylic acids is 1. The third kappa shape index (κ3) is 2.52. The predicted molar refractivity (Wildman–Crippen MR) is 53.7 cm³/mol. The van der Waals surface area contributed by atoms with E-state index in [2.05, 4.69) is 4.99 Å². The highest BCUT2D eigenvalue weighted by Gasteiger charge is 2.07. The van der Waals surface area contributed by atoms with Gasteiger partial charge in [0.1, 0.15) is 0 Å². The Morgan fingerprint density at radius 1 is 1.50 bits per heavy atom. The van der Waals surface area contributed by atoms with E-state index in [1.54, 1.807) is 7.11 Å². The molecule has 0 fully saturated rings. The monoisotopic (exact) mass is 191 g/mol. The first kappa shape index (κ1) is 10.6. The zero-order chi connectivity index (χ0) is 10.4. The number of benzene rings is 1. The van der Waals surface area contributed by atoms with Gasteiger partial charge in [-0.3, -0.25) is 0 Å². The lowest BCUT2D eigenvalue weighted by Crippen LogP contribution is -2.00. The minimum atomic E-state index is 0.0213. The maximum Gasteiger partial charge on any atom is 0.235 e. The second kappa shape index (κ2) is 5.32. The Kier molecular flexibility index (Phi) is 4.05. The summed E-state index contributed by atoms with van der Waals surface area (Å²) in [7, 11) is 1.66. The first-order valence-corrected chi connectivity index (χ1v) is 4.43. The summed E-state index contributed by atoms with van der Waals surface area (Å²) in [5, 5.41) is 0. The number of methoxy groups -OCH3 is 1. The van der Waals surface area contributed by atoms with Gasteiger partial charge in [-0.1, -0.05) is 24.3 Å². The summed E-state index contributed by atoms with van der Waals surface area (Å²) in [6.45, 7) is 2.33. The molecular weight excluding hydrogens is 178 g/mol. The van der Waals surface area contributed by atoms with Gasteiger partial charge in [-0.25, -0.2) is 9.79 Å². The van der Waals surface area contributed by atoms with E-state index in [-0.39, 0.29) is 6.10 Å². The Bertz CT molecular complexity index is 343. The molecule has 1 rings (SSSR count). The number of ether oxygens (including phenoxy) is 1. The first-order valence-electron chi connectivity index (χ1n) is 4.43. The summed E-state index contributed by atoms with van der Waals surface area (Å²) in [6.07, 6.45) is 1.56. The summed E-state index contributed by atoms with van der Waals surface area (Å²) in [5.41, 5.74) is 2.07. The van der Waals surface area contributed by atoms with E-state index >= 15 is 0 Å². The van der Waals surface area contributed by atoms with Crippen LogP contribution in [-0.4, -0.2) is 13.2 Å². The van der Waals surface area contributed by atoms with Crippen molar-refractivity contribution in [2.45, 2.75) is 19.6 Å². The molecule has 0 aliphatic rings. The zero-order valence-corrected chi connectivity index (χ0v) is 8.36. The number of hydrogen-bond donors (Lipinski definition) is 0. The normalized spacial score (nSPS) is 11.9. The maximum absolute atomic E-state index is 10.0. The van der Waals surface area contributed by atoms with Gasteiger partial charge in [-0.15, -0.1) is 0 Å². The Labute approximate surface area is 83.4 Å². The highest BCUT2D eigenvalue weighted by Crippen LogP contribution is 2.20. The molecule has 0 saturated heterocycles. The topological polar surface area (TPSA) is 38.7 Å². The average Bonchev–Trinajstić information content (AvgIpc) is 2.25. The molecule has 74 valence electrons. The number of hydrogen-bond acceptors (Lipinski definition) is 3. The van der Waals surface area contributed by atoms with Gasteiger partial charge >= 0.3 is 0 Å². The van der Waals surface area contributed by atoms with Gasteiger partial charge in [-0.05, 0) is 18.1 Å². The molecule has 0 N–H and O–H groups in total. The van der Waals surface area contributed by atoms with Gasteiger partial charge in [0, 0.05) is 7.11 Å². The van der Waals surface area contributed by atoms with E-state index in [4.69, 9.17) is 4.74 Å². The van der Waals surface area contributed by atoms with Crippen molar-refractivity contribution >= 4 is 6.08 Å². The fourth-order valence-electron chi connectivity index (χ4n) is 1.32. The first-order chi connectivity index (χ1) is 6.79. The quantitative estimate of drug-likeness (QED) is 0.540. The van der Waals surface area contributed by atoms with Gasteiger partial charge in [0.15, 0.2) is 0 Å². The van der Waals surface area contributed by atoms with Crippen LogP contribution in [0.2, 0.25) is 0 Å². The molecule has 1 atom stereocenters. The van der Waals surface area contributed by atoms with E-state index in [9.17, 15) is 4.79 Å². The number of rotatable bonds is 4. The lowest BCUT2D eigenvalue weighted by atomic mass is 10.0. The molecule has 0 heterocycles. The van der Waals surface area contributed by atoms with Crippen molar-refractivity contribution in [2.75, 3.05) is 7.11 Å². The lowest BCUT2D eigenvalue weighted by Gasteiger charge is -2.13. The summed E-state index contributed by atoms with van der Waals surface area (Å²) < 4.78 is 5.22. The van der Waals surface area contributed by atoms with E-state index in [0.29, 0.717) is 6.54 Å². The molecule has 0 saturated carbocycles. The van der Waals surface area contributed by atoms with Crippen LogP contribution in [-0.2, 0) is 16.1 Å². The van der Waals surface area contributed by atoms with Crippen LogP contribution in [0.3, 0.4) is 0 Å². The number of aliphatic imine (C=N–C) groups is 1. The SMILES string of the molecule is COC(C)c1ccccc1CN=C=O. The van der Waals surface area contributed by atoms with Crippen LogP contribution in [0.25, 0.3) is 0 Å². The Morgan fingerprint density at radius 3 is 2.86 bits per heavy atom. The fraction of sp³-hybridized carbons (Fsp3) is 0.364. The molecule has 3 heteroatoms. The second-order valence-corrected chi connectivity index (χ2v) is 2.98. The Hall–Kier alpha value is -1.44. The molecule has 0 bridgehead atoms. The highest BCUT2D eigenvalue weighted by atomic mass is 16.5. The minimum absolute atomic E-state index is 0.0213. The van der Waals surface area contributed by atoms with Crippen LogP contribution < -0.4 is 0 Å². The highest BCUT2D eigenvalue weighted by molar-refractivity contribution is 5.35. The van der Waals surface area contributed by atoms with E-state index in [1.165, 1.54) is 6.08 Å². The Balaban J connectivity index is 2.96. The molecule has 1 unspecified atom stereocenters. The van der Waals surface area contributed by atoms with Crippen LogP contribution >= 0.6 is 0 Å². The Morgan fingerprint density at radius 2 is 2.21 bits per heavy atom. The third-order valence-corrected chi connectivity index (χ3v) is 2.16. The predicted octanol–water partition coefficient (Wildman–Crippen LogP) is 2.23. The maximum atomic E-state index is 10.0. The van der Waals surface area contributed by atoms with Gasteiger partial charge < -0.3 is 4.74 Å². The fourth-order valence-corrected chi connectivity index (χ4v) is 1.32. The second-order valence-electron chi connectivity index (χ2n) is 2.98. The van der Waals surface area contributed by atoms with Crippen LogP contribution in [0.4, 0.5) is 0 Å². The molecule has 0 radical (unpaired) electrons. The molecular formula is C11H13NO2. The average molecular weight is 191 g/mol. The standard InChI is InChI=1S/C11H13NO2/c1-9(14-2)11-6-4-3-5-10(11)7-12-8-13/h3-6,9H,7H2,1-2H3. The van der Waals surface area contributed by atoms with Gasteiger partial charge in [0.2, 0.25) is 6.08 Å². The lowest BCUT2D eigenvalue weighted by molar-refractivity contribution is 0.119. The molecule has 0 amide bonds. The minimum Gasteiger partial charge on any atom is -0.377 e. The van der Waals surface area contributed by atoms with Crippen molar-refractivity contribution in [3.63, 3.8) is 0 Å². The van der Waals surface area contributed by atoms with Crippen molar-refractivity contribution in [1.29, 1.82) is 0 Å². The molecule has 3 nitrogen and oxygen atoms in total. The van der Waals surface area contributed by atoms with Crippen molar-refractivity contribution in [2.24, 2.45) is 4.99 Å². The van der Waals surface area contributed by atoms with Gasteiger partial charge in [-0.2, -0.15) is 0 Å². The van der Waals surface area contributed by atoms with Crippen LogP contribution in [0.1, 0.15) is 24.2 Å². The van der Waals surface area contributed by atoms with Gasteiger partial charge in [0.25, 0.3) is 0 Å². The molecule has 1 aromatic carbocycles. The van der Waals surface area contributed by atoms with Crippen LogP contribution in [0, 0.1) is 0 Å². The summed E-state index contributed by atoms with van der Waals surface area (Å²) in [5.74, 6) is 0. The van der Waals surface area contributed by atoms with Crippen molar-refractivity contribution in [3.05, 3.63) is 35.4 Å². The molecule has 0 aliphatic heterocycles. The number of nitrogens with zero attached hydrogens (tertiary/aromatic N) is 1. The summed E-state index contributed by atoms with van der Waals surface area (Å²) in [4.78, 5) is 13.6. The van der Waals surface area contributed by atoms with Crippen LogP contribution in [0.5, 0.6) is 0 Å². The van der Waals surface area contributed by atoms with Crippen molar-refractivity contribution in [3.8, 4) is 0 Å². The third-order valence-electron chi connectivity index (χ3n) is 2.16. The molecule has 14 heavy (non-hydrogen) atoms. The van der Waals surface area contributed by atoms with E-state index in [0.717, 1.165) is 11.1 Å². The summed E-state index contributed by atoms with van der Waals surface area (Å²) >= 11 is 0. The smallest absolute Gasteiger partial charge is 0.235 e. The van der Waals surface area contributed by atoms with Crippen LogP contribution in [0.15, 0.2) is 29.3 Å². The van der Waals surface area contributed by atoms with Gasteiger partial charge in [0.05, 0.1) is 12.6 Å².